The summed E-state index contributed by atoms with van der Waals surface area (Å²) in [5, 5.41) is 0. The predicted molar refractivity (Wildman–Crippen MR) is 109 cm³/mol. The molecule has 0 bridgehead atoms. The van der Waals surface area contributed by atoms with Gasteiger partial charge in [-0.3, -0.25) is 4.72 Å². The molecule has 0 aliphatic carbocycles. The Morgan fingerprint density at radius 2 is 1.70 bits per heavy atom. The molecule has 0 amide bonds. The molecule has 1 saturated heterocycles. The average Bonchev–Trinajstić information content (AvgIpc) is 2.68. The van der Waals surface area contributed by atoms with E-state index in [0.29, 0.717) is 17.9 Å². The molecule has 1 fully saturated rings. The van der Waals surface area contributed by atoms with E-state index in [9.17, 15) is 8.42 Å². The highest BCUT2D eigenvalue weighted by molar-refractivity contribution is 7.92. The van der Waals surface area contributed by atoms with E-state index in [2.05, 4.69) is 21.6 Å². The minimum atomic E-state index is -3.64. The van der Waals surface area contributed by atoms with E-state index in [0.717, 1.165) is 37.4 Å². The molecule has 1 aliphatic rings. The van der Waals surface area contributed by atoms with Gasteiger partial charge in [0.25, 0.3) is 10.0 Å². The third-order valence-corrected chi connectivity index (χ3v) is 6.31. The third-order valence-electron chi connectivity index (χ3n) is 4.93. The summed E-state index contributed by atoms with van der Waals surface area (Å²) in [6, 6.07) is 12.5. The first kappa shape index (κ1) is 19.5. The van der Waals surface area contributed by atoms with Crippen LogP contribution < -0.4 is 14.4 Å². The van der Waals surface area contributed by atoms with E-state index in [-0.39, 0.29) is 4.90 Å². The normalized spacial score (nSPS) is 15.6. The smallest absolute Gasteiger partial charge is 0.261 e. The number of anilines is 2. The Kier molecular flexibility index (Phi) is 5.92. The predicted octanol–water partition coefficient (Wildman–Crippen LogP) is 2.81. The highest BCUT2D eigenvalue weighted by Crippen LogP contribution is 2.25. The zero-order valence-corrected chi connectivity index (χ0v) is 16.9. The summed E-state index contributed by atoms with van der Waals surface area (Å²) in [5.41, 5.74) is 2.54. The maximum absolute atomic E-state index is 12.7. The molecule has 2 aromatic rings. The molecular formula is C20H27N3O3S. The van der Waals surface area contributed by atoms with Gasteiger partial charge in [-0.15, -0.1) is 0 Å². The van der Waals surface area contributed by atoms with Gasteiger partial charge in [0, 0.05) is 37.6 Å². The maximum Gasteiger partial charge on any atom is 0.261 e. The fourth-order valence-corrected chi connectivity index (χ4v) is 4.33. The Balaban J connectivity index is 1.74. The molecule has 1 heterocycles. The Hall–Kier alpha value is -2.25. The Morgan fingerprint density at radius 1 is 1.04 bits per heavy atom. The standard InChI is InChI=1S/C20H27N3O3S/c1-4-16-15-19(9-10-20(16)26-3)27(24,25)21-17-5-7-18(8-6-17)23-13-11-22(2)12-14-23/h5-10,15,21H,4,11-14H2,1-3H3. The van der Waals surface area contributed by atoms with Crippen LogP contribution >= 0.6 is 0 Å². The zero-order valence-electron chi connectivity index (χ0n) is 16.1. The first-order valence-corrected chi connectivity index (χ1v) is 10.6. The Morgan fingerprint density at radius 3 is 2.30 bits per heavy atom. The van der Waals surface area contributed by atoms with Gasteiger partial charge in [-0.2, -0.15) is 0 Å². The number of hydrogen-bond acceptors (Lipinski definition) is 5. The second kappa shape index (κ2) is 8.19. The molecule has 0 atom stereocenters. The fraction of sp³-hybridized carbons (Fsp3) is 0.400. The van der Waals surface area contributed by atoms with Crippen LogP contribution in [0.15, 0.2) is 47.4 Å². The van der Waals surface area contributed by atoms with Crippen LogP contribution in [0.25, 0.3) is 0 Å². The topological polar surface area (TPSA) is 61.9 Å². The van der Waals surface area contributed by atoms with E-state index in [4.69, 9.17) is 4.74 Å². The summed E-state index contributed by atoms with van der Waals surface area (Å²) in [5.74, 6) is 0.702. The van der Waals surface area contributed by atoms with Crippen LogP contribution in [0.5, 0.6) is 5.75 Å². The lowest BCUT2D eigenvalue weighted by molar-refractivity contribution is 0.313. The molecule has 0 radical (unpaired) electrons. The van der Waals surface area contributed by atoms with Crippen LogP contribution in [0.2, 0.25) is 0 Å². The minimum Gasteiger partial charge on any atom is -0.496 e. The molecule has 1 N–H and O–H groups in total. The van der Waals surface area contributed by atoms with Crippen molar-refractivity contribution < 1.29 is 13.2 Å². The van der Waals surface area contributed by atoms with Crippen molar-refractivity contribution >= 4 is 21.4 Å². The number of sulfonamides is 1. The second-order valence-electron chi connectivity index (χ2n) is 6.77. The van der Waals surface area contributed by atoms with Gasteiger partial charge in [-0.25, -0.2) is 8.42 Å². The number of nitrogens with zero attached hydrogens (tertiary/aromatic N) is 2. The lowest BCUT2D eigenvalue weighted by atomic mass is 10.1. The zero-order chi connectivity index (χ0) is 19.4. The van der Waals surface area contributed by atoms with Gasteiger partial charge in [0.1, 0.15) is 5.75 Å². The molecule has 1 aliphatic heterocycles. The van der Waals surface area contributed by atoms with Crippen LogP contribution in [0.1, 0.15) is 12.5 Å². The second-order valence-corrected chi connectivity index (χ2v) is 8.45. The molecule has 0 spiro atoms. The lowest BCUT2D eigenvalue weighted by Gasteiger charge is -2.34. The van der Waals surface area contributed by atoms with E-state index in [1.54, 1.807) is 25.3 Å². The van der Waals surface area contributed by atoms with Crippen molar-refractivity contribution in [3.8, 4) is 5.75 Å². The van der Waals surface area contributed by atoms with E-state index < -0.39 is 10.0 Å². The molecule has 0 unspecified atom stereocenters. The molecule has 3 rings (SSSR count). The molecular weight excluding hydrogens is 362 g/mol. The number of aryl methyl sites for hydroxylation is 1. The summed E-state index contributed by atoms with van der Waals surface area (Å²) in [6.07, 6.45) is 0.701. The van der Waals surface area contributed by atoms with Crippen molar-refractivity contribution in [1.82, 2.24) is 4.90 Å². The van der Waals surface area contributed by atoms with E-state index >= 15 is 0 Å². The van der Waals surface area contributed by atoms with Crippen molar-refractivity contribution in [2.75, 3.05) is 50.0 Å². The number of rotatable bonds is 6. The number of ether oxygens (including phenoxy) is 1. The molecule has 2 aromatic carbocycles. The lowest BCUT2D eigenvalue weighted by Crippen LogP contribution is -2.44. The summed E-state index contributed by atoms with van der Waals surface area (Å²) in [7, 11) is 0.0678. The number of hydrogen-bond donors (Lipinski definition) is 1. The summed E-state index contributed by atoms with van der Waals surface area (Å²) >= 11 is 0. The largest absolute Gasteiger partial charge is 0.496 e. The van der Waals surface area contributed by atoms with Gasteiger partial charge in [0.05, 0.1) is 12.0 Å². The van der Waals surface area contributed by atoms with Crippen molar-refractivity contribution in [3.05, 3.63) is 48.0 Å². The quantitative estimate of drug-likeness (QED) is 0.823. The summed E-state index contributed by atoms with van der Waals surface area (Å²) < 4.78 is 33.4. The number of methoxy groups -OCH3 is 1. The van der Waals surface area contributed by atoms with Gasteiger partial charge in [-0.05, 0) is 61.5 Å². The highest BCUT2D eigenvalue weighted by atomic mass is 32.2. The van der Waals surface area contributed by atoms with Crippen LogP contribution in [0.3, 0.4) is 0 Å². The molecule has 6 nitrogen and oxygen atoms in total. The average molecular weight is 390 g/mol. The third kappa shape index (κ3) is 4.54. The van der Waals surface area contributed by atoms with Crippen LogP contribution in [-0.4, -0.2) is 53.7 Å². The van der Waals surface area contributed by atoms with E-state index in [1.807, 2.05) is 31.2 Å². The van der Waals surface area contributed by atoms with Crippen LogP contribution in [0, 0.1) is 0 Å². The Bertz CT molecular complexity index is 874. The molecule has 27 heavy (non-hydrogen) atoms. The van der Waals surface area contributed by atoms with Gasteiger partial charge in [0.2, 0.25) is 0 Å². The van der Waals surface area contributed by atoms with Gasteiger partial charge < -0.3 is 14.5 Å². The van der Waals surface area contributed by atoms with Crippen molar-refractivity contribution in [1.29, 1.82) is 0 Å². The SMILES string of the molecule is CCc1cc(S(=O)(=O)Nc2ccc(N3CCN(C)CC3)cc2)ccc1OC. The van der Waals surface area contributed by atoms with Gasteiger partial charge in [0.15, 0.2) is 0 Å². The summed E-state index contributed by atoms with van der Waals surface area (Å²) in [4.78, 5) is 4.86. The van der Waals surface area contributed by atoms with Crippen LogP contribution in [-0.2, 0) is 16.4 Å². The fourth-order valence-electron chi connectivity index (χ4n) is 3.22. The summed E-state index contributed by atoms with van der Waals surface area (Å²) in [6.45, 7) is 6.00. The first-order chi connectivity index (χ1) is 12.9. The van der Waals surface area contributed by atoms with Gasteiger partial charge in [-0.1, -0.05) is 6.92 Å². The number of likely N-dealkylation sites (N-methyl/N-ethyl adjacent to an activating group) is 1. The number of piperazine rings is 1. The van der Waals surface area contributed by atoms with Crippen molar-refractivity contribution in [2.24, 2.45) is 0 Å². The van der Waals surface area contributed by atoms with Crippen molar-refractivity contribution in [2.45, 2.75) is 18.2 Å². The minimum absolute atomic E-state index is 0.239. The molecule has 0 aromatic heterocycles. The highest BCUT2D eigenvalue weighted by Gasteiger charge is 2.17. The van der Waals surface area contributed by atoms with E-state index in [1.165, 1.54) is 0 Å². The maximum atomic E-state index is 12.7. The number of benzene rings is 2. The van der Waals surface area contributed by atoms with Crippen molar-refractivity contribution in [3.63, 3.8) is 0 Å². The van der Waals surface area contributed by atoms with Gasteiger partial charge >= 0.3 is 0 Å². The monoisotopic (exact) mass is 389 g/mol. The van der Waals surface area contributed by atoms with Crippen LogP contribution in [0.4, 0.5) is 11.4 Å². The molecule has 7 heteroatoms. The number of nitrogens with one attached hydrogen (secondary N) is 1. The Labute approximate surface area is 161 Å². The first-order valence-electron chi connectivity index (χ1n) is 9.16. The molecule has 0 saturated carbocycles. The molecule has 146 valence electrons.